The molecule has 252 valence electrons. The lowest BCUT2D eigenvalue weighted by molar-refractivity contribution is -0.148. The normalized spacial score (nSPS) is 20.0. The van der Waals surface area contributed by atoms with Crippen LogP contribution in [-0.2, 0) is 25.1 Å². The summed E-state index contributed by atoms with van der Waals surface area (Å²) in [5, 5.41) is 17.3. The number of halogens is 2. The number of benzene rings is 2. The van der Waals surface area contributed by atoms with E-state index >= 15 is 8.78 Å². The lowest BCUT2D eigenvalue weighted by Crippen LogP contribution is -2.55. The Bertz CT molecular complexity index is 1470. The first-order valence-corrected chi connectivity index (χ1v) is 16.3. The number of nitrogens with zero attached hydrogens (tertiary/aromatic N) is 3. The third kappa shape index (κ3) is 9.13. The van der Waals surface area contributed by atoms with E-state index in [0.717, 1.165) is 43.6 Å². The first-order chi connectivity index (χ1) is 22.4. The summed E-state index contributed by atoms with van der Waals surface area (Å²) in [6.07, 6.45) is 2.95. The molecule has 1 aliphatic carbocycles. The van der Waals surface area contributed by atoms with Gasteiger partial charge in [-0.25, -0.2) is 0 Å². The molecule has 2 aromatic rings. The number of alkyl halides is 2. The van der Waals surface area contributed by atoms with E-state index in [4.69, 9.17) is 5.26 Å². The third-order valence-corrected chi connectivity index (χ3v) is 9.25. The van der Waals surface area contributed by atoms with Gasteiger partial charge in [0.25, 0.3) is 5.91 Å². The summed E-state index contributed by atoms with van der Waals surface area (Å²) in [6.45, 7) is 6.35. The summed E-state index contributed by atoms with van der Waals surface area (Å²) < 4.78 is 30.1. The van der Waals surface area contributed by atoms with Crippen LogP contribution in [-0.4, -0.2) is 78.7 Å². The van der Waals surface area contributed by atoms with Crippen LogP contribution in [0, 0.1) is 17.2 Å². The van der Waals surface area contributed by atoms with Gasteiger partial charge in [0, 0.05) is 62.2 Å². The number of nitrogens with one attached hydrogen (secondary N) is 3. The highest BCUT2D eigenvalue weighted by Crippen LogP contribution is 2.32. The molecule has 0 radical (unpaired) electrons. The van der Waals surface area contributed by atoms with Crippen molar-refractivity contribution < 1.29 is 28.0 Å². The Hall–Kier alpha value is -4.37. The minimum atomic E-state index is -3.83. The molecule has 1 heterocycles. The highest BCUT2D eigenvalue weighted by Gasteiger charge is 2.43. The topological polar surface area (TPSA) is 135 Å². The van der Waals surface area contributed by atoms with Crippen molar-refractivity contribution in [1.82, 2.24) is 20.4 Å². The summed E-state index contributed by atoms with van der Waals surface area (Å²) >= 11 is 0. The Labute approximate surface area is 274 Å². The first kappa shape index (κ1) is 35.5. The van der Waals surface area contributed by atoms with Gasteiger partial charge in [0.05, 0.1) is 11.6 Å². The molecule has 1 saturated carbocycles. The minimum Gasteiger partial charge on any atom is -0.348 e. The lowest BCUT2D eigenvalue weighted by atomic mass is 9.82. The van der Waals surface area contributed by atoms with Gasteiger partial charge in [0.2, 0.25) is 17.7 Å². The Balaban J connectivity index is 1.37. The molecule has 2 aromatic carbocycles. The smallest absolute Gasteiger partial charge is 0.348 e. The van der Waals surface area contributed by atoms with E-state index in [0.29, 0.717) is 31.6 Å². The molecule has 4 rings (SSSR count). The van der Waals surface area contributed by atoms with Gasteiger partial charge in [0.1, 0.15) is 6.04 Å². The fraction of sp³-hybridized carbons (Fsp3) is 0.514. The van der Waals surface area contributed by atoms with Crippen LogP contribution in [0.3, 0.4) is 0 Å². The summed E-state index contributed by atoms with van der Waals surface area (Å²) in [6, 6.07) is 12.4. The van der Waals surface area contributed by atoms with Gasteiger partial charge in [-0.2, -0.15) is 14.0 Å². The quantitative estimate of drug-likeness (QED) is 0.335. The van der Waals surface area contributed by atoms with Crippen molar-refractivity contribution in [3.8, 4) is 6.07 Å². The van der Waals surface area contributed by atoms with Gasteiger partial charge in [0.15, 0.2) is 0 Å². The molecule has 0 spiro atoms. The van der Waals surface area contributed by atoms with Gasteiger partial charge < -0.3 is 25.8 Å². The molecule has 1 aliphatic heterocycles. The van der Waals surface area contributed by atoms with Crippen LogP contribution >= 0.6 is 0 Å². The molecule has 2 aliphatic rings. The molecule has 2 unspecified atom stereocenters. The molecule has 12 heteroatoms. The fourth-order valence-electron chi connectivity index (χ4n) is 6.23. The van der Waals surface area contributed by atoms with Crippen LogP contribution in [0.25, 0.3) is 0 Å². The van der Waals surface area contributed by atoms with E-state index in [2.05, 4.69) is 20.9 Å². The molecule has 4 amide bonds. The first-order valence-electron chi connectivity index (χ1n) is 16.3. The second-order valence-corrected chi connectivity index (χ2v) is 12.6. The number of hydrogen-bond acceptors (Lipinski definition) is 6. The second kappa shape index (κ2) is 16.0. The molecule has 0 bridgehead atoms. The van der Waals surface area contributed by atoms with Gasteiger partial charge in [-0.3, -0.25) is 19.2 Å². The fourth-order valence-corrected chi connectivity index (χ4v) is 6.23. The molecule has 47 heavy (non-hydrogen) atoms. The van der Waals surface area contributed by atoms with E-state index in [9.17, 15) is 19.2 Å². The van der Waals surface area contributed by atoms with Crippen molar-refractivity contribution in [2.45, 2.75) is 76.3 Å². The summed E-state index contributed by atoms with van der Waals surface area (Å²) in [4.78, 5) is 55.6. The van der Waals surface area contributed by atoms with Crippen LogP contribution in [0.2, 0.25) is 0 Å². The van der Waals surface area contributed by atoms with Crippen molar-refractivity contribution in [1.29, 1.82) is 5.26 Å². The maximum absolute atomic E-state index is 15.0. The van der Waals surface area contributed by atoms with E-state index in [1.165, 1.54) is 12.1 Å². The predicted molar refractivity (Wildman–Crippen MR) is 173 cm³/mol. The zero-order valence-corrected chi connectivity index (χ0v) is 27.2. The van der Waals surface area contributed by atoms with E-state index in [-0.39, 0.29) is 48.0 Å². The van der Waals surface area contributed by atoms with Crippen LogP contribution in [0.15, 0.2) is 48.5 Å². The van der Waals surface area contributed by atoms with E-state index in [1.807, 2.05) is 32.2 Å². The molecule has 3 N–H and O–H groups in total. The predicted octanol–water partition coefficient (Wildman–Crippen LogP) is 4.13. The van der Waals surface area contributed by atoms with Gasteiger partial charge in [-0.15, -0.1) is 0 Å². The maximum Gasteiger partial charge on any atom is 0.349 e. The SMILES string of the molecule is CCC(=O)N[C@@H](C(=O)N1CCN(C)CC1)[C@@H](C)c1ccc(NC(=O)CC2CCCCC2NC(=O)C(F)(F)c2cccc(C#N)c2)cc1. The lowest BCUT2D eigenvalue weighted by Gasteiger charge is -2.36. The Morgan fingerprint density at radius 1 is 1.00 bits per heavy atom. The van der Waals surface area contributed by atoms with Gasteiger partial charge in [-0.1, -0.05) is 51.0 Å². The van der Waals surface area contributed by atoms with Gasteiger partial charge >= 0.3 is 5.92 Å². The minimum absolute atomic E-state index is 0.0342. The Kier molecular flexibility index (Phi) is 12.0. The van der Waals surface area contributed by atoms with Crippen molar-refractivity contribution in [2.24, 2.45) is 5.92 Å². The largest absolute Gasteiger partial charge is 0.349 e. The van der Waals surface area contributed by atoms with Crippen molar-refractivity contribution in [3.63, 3.8) is 0 Å². The number of likely N-dealkylation sites (N-methyl/N-ethyl adjacent to an activating group) is 1. The van der Waals surface area contributed by atoms with Crippen molar-refractivity contribution in [2.75, 3.05) is 38.5 Å². The molecule has 10 nitrogen and oxygen atoms in total. The number of piperazine rings is 1. The highest BCUT2D eigenvalue weighted by atomic mass is 19.3. The van der Waals surface area contributed by atoms with Crippen LogP contribution < -0.4 is 16.0 Å². The number of hydrogen-bond donors (Lipinski definition) is 3. The maximum atomic E-state index is 15.0. The highest BCUT2D eigenvalue weighted by molar-refractivity contribution is 5.91. The molecule has 2 fully saturated rings. The van der Waals surface area contributed by atoms with Crippen molar-refractivity contribution >= 4 is 29.3 Å². The van der Waals surface area contributed by atoms with Crippen LogP contribution in [0.4, 0.5) is 14.5 Å². The van der Waals surface area contributed by atoms with E-state index < -0.39 is 29.5 Å². The van der Waals surface area contributed by atoms with E-state index in [1.54, 1.807) is 24.0 Å². The molecular weight excluding hydrogens is 606 g/mol. The molecular formula is C35H44F2N6O4. The van der Waals surface area contributed by atoms with Crippen LogP contribution in [0.1, 0.15) is 75.0 Å². The summed E-state index contributed by atoms with van der Waals surface area (Å²) in [7, 11) is 2.01. The standard InChI is InChI=1S/C35H44F2N6O4/c1-4-30(44)41-32(33(46)43-18-16-42(3)17-19-43)23(2)25-12-14-28(15-13-25)39-31(45)21-26-9-5-6-11-29(26)40-34(47)35(36,37)27-10-7-8-24(20-27)22-38/h7-8,10,12-15,20,23,26,29,32H,4-6,9,11,16-19,21H2,1-3H3,(H,39,45)(H,40,47)(H,41,44)/t23-,26?,29?,32+/m0/s1. The number of carbonyl (C=O) groups is 4. The Morgan fingerprint density at radius 2 is 1.68 bits per heavy atom. The summed E-state index contributed by atoms with van der Waals surface area (Å²) in [5.41, 5.74) is 0.834. The Morgan fingerprint density at radius 3 is 2.34 bits per heavy atom. The summed E-state index contributed by atoms with van der Waals surface area (Å²) in [5.74, 6) is -6.55. The number of rotatable bonds is 11. The number of amides is 4. The van der Waals surface area contributed by atoms with Crippen LogP contribution in [0.5, 0.6) is 0 Å². The number of anilines is 1. The molecule has 1 saturated heterocycles. The number of carbonyl (C=O) groups excluding carboxylic acids is 4. The molecule has 0 aromatic heterocycles. The monoisotopic (exact) mass is 650 g/mol. The molecule has 4 atom stereocenters. The average molecular weight is 651 g/mol. The van der Waals surface area contributed by atoms with Crippen molar-refractivity contribution in [3.05, 3.63) is 65.2 Å². The number of nitriles is 1. The zero-order chi connectivity index (χ0) is 34.1. The second-order valence-electron chi connectivity index (χ2n) is 12.6. The zero-order valence-electron chi connectivity index (χ0n) is 27.2. The van der Waals surface area contributed by atoms with Gasteiger partial charge in [-0.05, 0) is 55.6 Å². The third-order valence-electron chi connectivity index (χ3n) is 9.25. The average Bonchev–Trinajstić information content (AvgIpc) is 3.08.